The van der Waals surface area contributed by atoms with Crippen LogP contribution in [-0.4, -0.2) is 77.5 Å². The van der Waals surface area contributed by atoms with E-state index in [-0.39, 0.29) is 33.4 Å². The lowest BCUT2D eigenvalue weighted by atomic mass is 10.4. The molecule has 44 heavy (non-hydrogen) atoms. The maximum absolute atomic E-state index is 9.75. The topological polar surface area (TPSA) is 261 Å². The molecule has 0 unspecified atom stereocenters. The zero-order valence-corrected chi connectivity index (χ0v) is 26.0. The molecular formula is C30H44O14. The largest absolute Gasteiger partial charge is 0.478 e. The summed E-state index contributed by atoms with van der Waals surface area (Å²) < 4.78 is 0. The molecule has 7 N–H and O–H groups in total. The first kappa shape index (κ1) is 54.3. The van der Waals surface area contributed by atoms with Crippen LogP contribution in [0.2, 0.25) is 0 Å². The molecule has 0 saturated heterocycles. The molecule has 0 rings (SSSR count). The molecule has 0 aromatic rings. The standard InChI is InChI=1S/C6H8O2.6C4H6O2/c1-2-3-4-5-6(7)8;6*1-3(2)4(5)6/h2-5H,1H3,(H,7,8);6*1H2,2H3,(H,5,6)/b3-2+,5-4+;;;;;;. The molecule has 0 bridgehead atoms. The summed E-state index contributed by atoms with van der Waals surface area (Å²) in [5, 5.41) is 55.4. The van der Waals surface area contributed by atoms with Gasteiger partial charge in [0.05, 0.1) is 0 Å². The van der Waals surface area contributed by atoms with Crippen molar-refractivity contribution in [2.45, 2.75) is 48.5 Å². The van der Waals surface area contributed by atoms with Crippen molar-refractivity contribution < 1.29 is 69.3 Å². The van der Waals surface area contributed by atoms with Gasteiger partial charge in [0.25, 0.3) is 0 Å². The molecule has 0 aliphatic heterocycles. The van der Waals surface area contributed by atoms with Crippen molar-refractivity contribution in [1.82, 2.24) is 0 Å². The summed E-state index contributed by atoms with van der Waals surface area (Å²) in [6, 6.07) is 0. The maximum Gasteiger partial charge on any atom is 0.330 e. The quantitative estimate of drug-likeness (QED) is 0.136. The Morgan fingerprint density at radius 1 is 0.386 bits per heavy atom. The summed E-state index contributed by atoms with van der Waals surface area (Å²) in [7, 11) is 0. The van der Waals surface area contributed by atoms with Gasteiger partial charge in [-0.1, -0.05) is 57.7 Å². The zero-order chi connectivity index (χ0) is 37.3. The van der Waals surface area contributed by atoms with Crippen molar-refractivity contribution in [1.29, 1.82) is 0 Å². The van der Waals surface area contributed by atoms with Crippen LogP contribution in [-0.2, 0) is 33.6 Å². The first-order valence-corrected chi connectivity index (χ1v) is 11.5. The first-order chi connectivity index (χ1) is 19.6. The van der Waals surface area contributed by atoms with Crippen molar-refractivity contribution in [2.24, 2.45) is 0 Å². The minimum atomic E-state index is -0.935. The minimum Gasteiger partial charge on any atom is -0.478 e. The normalized spacial score (nSPS) is 8.16. The Hall–Kier alpha value is -5.79. The molecular weight excluding hydrogens is 584 g/mol. The molecule has 14 heteroatoms. The number of hydrogen-bond acceptors (Lipinski definition) is 7. The van der Waals surface area contributed by atoms with Gasteiger partial charge in [-0.25, -0.2) is 33.6 Å². The number of aliphatic carboxylic acids is 7. The molecule has 0 aliphatic carbocycles. The van der Waals surface area contributed by atoms with Crippen LogP contribution in [0.25, 0.3) is 0 Å². The average molecular weight is 629 g/mol. The number of rotatable bonds is 8. The second kappa shape index (κ2) is 35.2. The number of carbonyl (C=O) groups is 7. The van der Waals surface area contributed by atoms with Crippen molar-refractivity contribution in [3.63, 3.8) is 0 Å². The van der Waals surface area contributed by atoms with Crippen LogP contribution in [0.3, 0.4) is 0 Å². The van der Waals surface area contributed by atoms with E-state index in [0.717, 1.165) is 6.08 Å². The Morgan fingerprint density at radius 2 is 0.523 bits per heavy atom. The van der Waals surface area contributed by atoms with Gasteiger partial charge in [0, 0.05) is 39.5 Å². The molecule has 0 amide bonds. The Kier molecular flexibility index (Phi) is 43.5. The highest BCUT2D eigenvalue weighted by molar-refractivity contribution is 5.86. The van der Waals surface area contributed by atoms with E-state index in [1.165, 1.54) is 47.6 Å². The predicted octanol–water partition coefficient (Wildman–Crippen LogP) is 5.09. The smallest absolute Gasteiger partial charge is 0.330 e. The fourth-order valence-electron chi connectivity index (χ4n) is 0.249. The van der Waals surface area contributed by atoms with Crippen molar-refractivity contribution in [3.8, 4) is 0 Å². The van der Waals surface area contributed by atoms with E-state index in [9.17, 15) is 33.6 Å². The van der Waals surface area contributed by atoms with E-state index in [1.807, 2.05) is 6.92 Å². The fraction of sp³-hybridized carbons (Fsp3) is 0.233. The second-order valence-corrected chi connectivity index (χ2v) is 7.74. The lowest BCUT2D eigenvalue weighted by Gasteiger charge is -1.79. The Balaban J connectivity index is -0.0000000728. The summed E-state index contributed by atoms with van der Waals surface area (Å²) >= 11 is 0. The first-order valence-electron chi connectivity index (χ1n) is 11.5. The third-order valence-electron chi connectivity index (χ3n) is 2.73. The van der Waals surface area contributed by atoms with E-state index in [0.29, 0.717) is 0 Å². The van der Waals surface area contributed by atoms with Crippen molar-refractivity contribution >= 4 is 41.8 Å². The molecule has 0 aromatic heterocycles. The highest BCUT2D eigenvalue weighted by Gasteiger charge is 1.92. The van der Waals surface area contributed by atoms with Gasteiger partial charge in [-0.3, -0.25) is 0 Å². The van der Waals surface area contributed by atoms with Crippen molar-refractivity contribution in [2.75, 3.05) is 0 Å². The lowest BCUT2D eigenvalue weighted by Crippen LogP contribution is -1.92. The summed E-state index contributed by atoms with van der Waals surface area (Å²) in [6.07, 6.45) is 5.98. The third-order valence-corrected chi connectivity index (χ3v) is 2.73. The Morgan fingerprint density at radius 3 is 0.591 bits per heavy atom. The highest BCUT2D eigenvalue weighted by atomic mass is 16.4. The number of carboxylic acid groups (broad SMARTS) is 7. The van der Waals surface area contributed by atoms with Gasteiger partial charge in [0.15, 0.2) is 0 Å². The number of carboxylic acids is 7. The number of allylic oxidation sites excluding steroid dienone is 3. The number of hydrogen-bond donors (Lipinski definition) is 7. The van der Waals surface area contributed by atoms with Crippen LogP contribution >= 0.6 is 0 Å². The van der Waals surface area contributed by atoms with E-state index in [2.05, 4.69) is 39.5 Å². The molecule has 0 heterocycles. The van der Waals surface area contributed by atoms with Crippen LogP contribution in [0, 0.1) is 0 Å². The van der Waals surface area contributed by atoms with E-state index < -0.39 is 41.8 Å². The fourth-order valence-corrected chi connectivity index (χ4v) is 0.249. The molecule has 14 nitrogen and oxygen atoms in total. The molecule has 0 atom stereocenters. The van der Waals surface area contributed by atoms with Crippen LogP contribution < -0.4 is 0 Å². The average Bonchev–Trinajstić information content (AvgIpc) is 2.85. The predicted molar refractivity (Wildman–Crippen MR) is 166 cm³/mol. The molecule has 0 saturated carbocycles. The van der Waals surface area contributed by atoms with E-state index in [4.69, 9.17) is 35.7 Å². The van der Waals surface area contributed by atoms with Gasteiger partial charge in [-0.15, -0.1) is 0 Å². The summed E-state index contributed by atoms with van der Waals surface area (Å²) in [5.41, 5.74) is 1.06. The maximum atomic E-state index is 9.75. The van der Waals surface area contributed by atoms with Gasteiger partial charge in [-0.2, -0.15) is 0 Å². The van der Waals surface area contributed by atoms with Crippen LogP contribution in [0.1, 0.15) is 48.5 Å². The monoisotopic (exact) mass is 628 g/mol. The van der Waals surface area contributed by atoms with Crippen LogP contribution in [0.5, 0.6) is 0 Å². The highest BCUT2D eigenvalue weighted by Crippen LogP contribution is 1.83. The summed E-state index contributed by atoms with van der Waals surface area (Å²) in [4.78, 5) is 67.4. The SMILES string of the molecule is C/C=C/C=C/C(=O)O.C=C(C)C(=O)O.C=C(C)C(=O)O.C=C(C)C(=O)O.C=C(C)C(=O)O.C=C(C)C(=O)O.C=C(C)C(=O)O. The van der Waals surface area contributed by atoms with Crippen LogP contribution in [0.4, 0.5) is 0 Å². The van der Waals surface area contributed by atoms with Gasteiger partial charge >= 0.3 is 41.8 Å². The van der Waals surface area contributed by atoms with Gasteiger partial charge in [-0.05, 0) is 48.5 Å². The minimum absolute atomic E-state index is 0.176. The van der Waals surface area contributed by atoms with Crippen LogP contribution in [0.15, 0.2) is 97.2 Å². The molecule has 0 spiro atoms. The Labute approximate surface area is 257 Å². The molecule has 0 fully saturated rings. The van der Waals surface area contributed by atoms with Gasteiger partial charge < -0.3 is 35.7 Å². The van der Waals surface area contributed by atoms with Gasteiger partial charge in [0.1, 0.15) is 0 Å². The van der Waals surface area contributed by atoms with E-state index in [1.54, 1.807) is 12.2 Å². The Bertz CT molecular complexity index is 858. The molecule has 0 aliphatic rings. The molecule has 248 valence electrons. The molecule has 0 aromatic carbocycles. The van der Waals surface area contributed by atoms with Gasteiger partial charge in [0.2, 0.25) is 0 Å². The van der Waals surface area contributed by atoms with Crippen molar-refractivity contribution in [3.05, 3.63) is 97.2 Å². The second-order valence-electron chi connectivity index (χ2n) is 7.74. The molecule has 0 radical (unpaired) electrons. The summed E-state index contributed by atoms with van der Waals surface area (Å²) in [5.74, 6) is -6.52. The summed E-state index contributed by atoms with van der Waals surface area (Å²) in [6.45, 7) is 29.4. The zero-order valence-electron chi connectivity index (χ0n) is 26.0. The lowest BCUT2D eigenvalue weighted by molar-refractivity contribution is -0.133. The third kappa shape index (κ3) is 83.3. The van der Waals surface area contributed by atoms with E-state index >= 15 is 0 Å².